The molecule has 120 valence electrons. The van der Waals surface area contributed by atoms with E-state index in [1.54, 1.807) is 0 Å². The number of fused-ring (bicyclic) bond motifs is 1. The Morgan fingerprint density at radius 2 is 1.50 bits per heavy atom. The lowest BCUT2D eigenvalue weighted by molar-refractivity contribution is 0.536. The highest BCUT2D eigenvalue weighted by Crippen LogP contribution is 2.65. The smallest absolute Gasteiger partial charge is 0.0761 e. The third-order valence-electron chi connectivity index (χ3n) is 3.74. The summed E-state index contributed by atoms with van der Waals surface area (Å²) in [5.74, 6) is 0. The molecule has 0 aliphatic rings. The van der Waals surface area contributed by atoms with Gasteiger partial charge in [-0.15, -0.1) is 17.9 Å². The van der Waals surface area contributed by atoms with Crippen molar-refractivity contribution >= 4 is 49.5 Å². The van der Waals surface area contributed by atoms with E-state index in [-0.39, 0.29) is 18.1 Å². The van der Waals surface area contributed by atoms with Crippen LogP contribution in [0.4, 0.5) is 0 Å². The SMILES string of the molecule is CC(C)(C)c1c(P(P)PP)nc2ccccc2c1C(C)(C)C. The molecule has 4 unspecified atom stereocenters. The molecular weight excluding hydrogens is 342 g/mol. The average molecular weight is 369 g/mol. The molecule has 0 N–H and O–H groups in total. The maximum atomic E-state index is 5.09. The van der Waals surface area contributed by atoms with Crippen molar-refractivity contribution in [3.63, 3.8) is 0 Å². The van der Waals surface area contributed by atoms with Gasteiger partial charge in [0, 0.05) is 5.39 Å². The van der Waals surface area contributed by atoms with Crippen molar-refractivity contribution in [1.29, 1.82) is 0 Å². The summed E-state index contributed by atoms with van der Waals surface area (Å²) in [4.78, 5) is 5.09. The lowest BCUT2D eigenvalue weighted by atomic mass is 9.74. The lowest BCUT2D eigenvalue weighted by Gasteiger charge is -2.34. The first-order chi connectivity index (χ1) is 10.1. The van der Waals surface area contributed by atoms with Crippen molar-refractivity contribution < 1.29 is 0 Å². The maximum absolute atomic E-state index is 5.09. The molecule has 0 spiro atoms. The molecule has 4 atom stereocenters. The number of hydrogen-bond donors (Lipinski definition) is 0. The van der Waals surface area contributed by atoms with E-state index in [1.165, 1.54) is 21.9 Å². The largest absolute Gasteiger partial charge is 0.247 e. The van der Waals surface area contributed by atoms with Crippen molar-refractivity contribution in [2.75, 3.05) is 0 Å². The van der Waals surface area contributed by atoms with Gasteiger partial charge < -0.3 is 0 Å². The summed E-state index contributed by atoms with van der Waals surface area (Å²) in [7, 11) is 6.48. The van der Waals surface area contributed by atoms with Crippen LogP contribution in [0.1, 0.15) is 52.7 Å². The van der Waals surface area contributed by atoms with Crippen LogP contribution >= 0.6 is 33.1 Å². The van der Waals surface area contributed by atoms with E-state index < -0.39 is 0 Å². The van der Waals surface area contributed by atoms with Gasteiger partial charge in [0.15, 0.2) is 0 Å². The molecule has 2 aromatic rings. The standard InChI is InChI=1S/C17H27NP4/c1-16(2,3)13-11-9-7-8-10-12(11)18-15(22(20)21-19)14(13)17(4,5)6/h7-10,21H,19-20H2,1-6H3. The molecule has 0 amide bonds. The first-order valence-electron chi connectivity index (χ1n) is 7.52. The summed E-state index contributed by atoms with van der Waals surface area (Å²) in [6.07, 6.45) is 0. The second-order valence-electron chi connectivity index (χ2n) is 7.70. The van der Waals surface area contributed by atoms with Crippen LogP contribution in [0.5, 0.6) is 0 Å². The number of rotatable bonds is 2. The fourth-order valence-electron chi connectivity index (χ4n) is 2.92. The van der Waals surface area contributed by atoms with Crippen LogP contribution in [0, 0.1) is 0 Å². The van der Waals surface area contributed by atoms with Gasteiger partial charge in [0.1, 0.15) is 0 Å². The highest BCUT2D eigenvalue weighted by Gasteiger charge is 2.32. The Morgan fingerprint density at radius 1 is 0.955 bits per heavy atom. The lowest BCUT2D eigenvalue weighted by Crippen LogP contribution is -2.30. The van der Waals surface area contributed by atoms with E-state index >= 15 is 0 Å². The first kappa shape index (κ1) is 18.7. The van der Waals surface area contributed by atoms with Crippen molar-refractivity contribution in [3.8, 4) is 0 Å². The van der Waals surface area contributed by atoms with Gasteiger partial charge >= 0.3 is 0 Å². The molecule has 0 aliphatic heterocycles. The highest BCUT2D eigenvalue weighted by molar-refractivity contribution is 8.63. The normalized spacial score (nSPS) is 14.9. The zero-order chi connectivity index (χ0) is 16.7. The molecule has 0 saturated heterocycles. The van der Waals surface area contributed by atoms with Gasteiger partial charge in [0.2, 0.25) is 0 Å². The van der Waals surface area contributed by atoms with Gasteiger partial charge in [0.05, 0.1) is 11.0 Å². The van der Waals surface area contributed by atoms with Crippen molar-refractivity contribution in [3.05, 3.63) is 35.4 Å². The van der Waals surface area contributed by atoms with Crippen LogP contribution < -0.4 is 5.44 Å². The first-order valence-corrected chi connectivity index (χ1v) is 14.1. The molecule has 0 radical (unpaired) electrons. The number of pyridine rings is 1. The molecule has 5 heteroatoms. The van der Waals surface area contributed by atoms with Crippen LogP contribution in [0.15, 0.2) is 24.3 Å². The van der Waals surface area contributed by atoms with Crippen LogP contribution in [0.3, 0.4) is 0 Å². The third kappa shape index (κ3) is 3.70. The molecule has 1 aromatic carbocycles. The molecule has 0 saturated carbocycles. The Bertz CT molecular complexity index is 683. The number of aromatic nitrogens is 1. The summed E-state index contributed by atoms with van der Waals surface area (Å²) in [6, 6.07) is 8.61. The molecule has 0 aliphatic carbocycles. The van der Waals surface area contributed by atoms with Crippen LogP contribution in [0.2, 0.25) is 0 Å². The van der Waals surface area contributed by atoms with Gasteiger partial charge in [-0.1, -0.05) is 67.7 Å². The maximum Gasteiger partial charge on any atom is 0.0761 e. The zero-order valence-corrected chi connectivity index (χ0v) is 18.6. The van der Waals surface area contributed by atoms with Crippen LogP contribution in [-0.4, -0.2) is 4.98 Å². The molecule has 1 nitrogen and oxygen atoms in total. The summed E-state index contributed by atoms with van der Waals surface area (Å²) in [6.45, 7) is 13.9. The number of nitrogens with zero attached hydrogens (tertiary/aromatic N) is 1. The summed E-state index contributed by atoms with van der Waals surface area (Å²) >= 11 is 0. The molecule has 0 fully saturated rings. The average Bonchev–Trinajstić information content (AvgIpc) is 2.42. The van der Waals surface area contributed by atoms with Crippen molar-refractivity contribution in [2.45, 2.75) is 52.4 Å². The molecule has 0 bridgehead atoms. The number of para-hydroxylation sites is 1. The summed E-state index contributed by atoms with van der Waals surface area (Å²) < 4.78 is 0. The quantitative estimate of drug-likeness (QED) is 0.582. The number of hydrogen-bond acceptors (Lipinski definition) is 1. The van der Waals surface area contributed by atoms with Gasteiger partial charge in [0.25, 0.3) is 0 Å². The van der Waals surface area contributed by atoms with E-state index in [4.69, 9.17) is 4.98 Å². The van der Waals surface area contributed by atoms with Gasteiger partial charge in [-0.3, -0.25) is 0 Å². The Morgan fingerprint density at radius 3 is 2.00 bits per heavy atom. The monoisotopic (exact) mass is 369 g/mol. The summed E-state index contributed by atoms with van der Waals surface area (Å²) in [5, 5.41) is 1.31. The predicted octanol–water partition coefficient (Wildman–Crippen LogP) is 6.11. The Balaban J connectivity index is 3.01. The number of benzene rings is 1. The Hall–Kier alpha value is 0.350. The minimum atomic E-state index is -0.299. The topological polar surface area (TPSA) is 12.9 Å². The van der Waals surface area contributed by atoms with Crippen molar-refractivity contribution in [1.82, 2.24) is 4.98 Å². The Kier molecular flexibility index (Phi) is 5.68. The van der Waals surface area contributed by atoms with E-state index in [9.17, 15) is 0 Å². The van der Waals surface area contributed by atoms with Gasteiger partial charge in [-0.25, -0.2) is 4.98 Å². The van der Waals surface area contributed by atoms with E-state index in [2.05, 4.69) is 83.7 Å². The van der Waals surface area contributed by atoms with E-state index in [1.807, 2.05) is 0 Å². The molecule has 22 heavy (non-hydrogen) atoms. The third-order valence-corrected chi connectivity index (χ3v) is 13.5. The van der Waals surface area contributed by atoms with Crippen molar-refractivity contribution in [2.24, 2.45) is 0 Å². The Labute approximate surface area is 142 Å². The second kappa shape index (κ2) is 6.69. The van der Waals surface area contributed by atoms with Gasteiger partial charge in [-0.2, -0.15) is 0 Å². The van der Waals surface area contributed by atoms with E-state index in [0.717, 1.165) is 13.5 Å². The van der Waals surface area contributed by atoms with E-state index in [0.29, 0.717) is 0 Å². The second-order valence-corrected chi connectivity index (χ2v) is 16.8. The zero-order valence-electron chi connectivity index (χ0n) is 14.4. The highest BCUT2D eigenvalue weighted by atomic mass is 32.6. The minimum Gasteiger partial charge on any atom is -0.247 e. The fourth-order valence-corrected chi connectivity index (χ4v) is 6.46. The van der Waals surface area contributed by atoms with Crippen LogP contribution in [0.25, 0.3) is 10.9 Å². The fraction of sp³-hybridized carbons (Fsp3) is 0.471. The summed E-state index contributed by atoms with van der Waals surface area (Å²) in [5.41, 5.74) is 5.56. The molecule has 1 heterocycles. The van der Waals surface area contributed by atoms with Crippen LogP contribution in [-0.2, 0) is 10.8 Å². The predicted molar refractivity (Wildman–Crippen MR) is 113 cm³/mol. The van der Waals surface area contributed by atoms with Gasteiger partial charge in [-0.05, 0) is 35.3 Å². The molecule has 1 aromatic heterocycles. The minimum absolute atomic E-state index is 0.0937. The molecular formula is C17H27NP4. The molecule has 2 rings (SSSR count).